The van der Waals surface area contributed by atoms with Gasteiger partial charge in [-0.2, -0.15) is 0 Å². The van der Waals surface area contributed by atoms with Crippen LogP contribution < -0.4 is 24.8 Å². The summed E-state index contributed by atoms with van der Waals surface area (Å²) in [6.07, 6.45) is 1.92. The van der Waals surface area contributed by atoms with Gasteiger partial charge in [0.25, 0.3) is 5.91 Å². The van der Waals surface area contributed by atoms with E-state index in [4.69, 9.17) is 4.74 Å². The first kappa shape index (κ1) is 21.5. The van der Waals surface area contributed by atoms with Crippen LogP contribution in [0.15, 0.2) is 66.9 Å². The number of carbonyl (C=O) groups is 1. The van der Waals surface area contributed by atoms with Gasteiger partial charge in [-0.15, -0.1) is 0 Å². The Kier molecular flexibility index (Phi) is 6.44. The van der Waals surface area contributed by atoms with Crippen molar-refractivity contribution in [2.24, 2.45) is 0 Å². The number of piperazine rings is 1. The maximum Gasteiger partial charge on any atom is 0.255 e. The van der Waals surface area contributed by atoms with E-state index in [-0.39, 0.29) is 5.91 Å². The summed E-state index contributed by atoms with van der Waals surface area (Å²) in [6, 6.07) is 19.3. The second kappa shape index (κ2) is 9.60. The third-order valence-corrected chi connectivity index (χ3v) is 5.69. The molecule has 2 heterocycles. The molecule has 2 aromatic carbocycles. The zero-order valence-corrected chi connectivity index (χ0v) is 18.8. The zero-order chi connectivity index (χ0) is 22.5. The minimum Gasteiger partial charge on any atom is -0.497 e. The van der Waals surface area contributed by atoms with Crippen LogP contribution in [0.2, 0.25) is 0 Å². The molecule has 0 bridgehead atoms. The second-order valence-corrected chi connectivity index (χ2v) is 7.97. The molecule has 0 saturated carbocycles. The van der Waals surface area contributed by atoms with Gasteiger partial charge in [0.15, 0.2) is 0 Å². The molecule has 0 aliphatic carbocycles. The number of ether oxygens (including phenoxy) is 1. The molecule has 1 aromatic heterocycles. The number of aromatic nitrogens is 1. The van der Waals surface area contributed by atoms with E-state index in [9.17, 15) is 4.79 Å². The molecule has 1 amide bonds. The molecule has 1 aliphatic rings. The lowest BCUT2D eigenvalue weighted by Crippen LogP contribution is -2.46. The number of rotatable bonds is 6. The zero-order valence-electron chi connectivity index (χ0n) is 18.8. The molecule has 0 atom stereocenters. The molecule has 1 saturated heterocycles. The second-order valence-electron chi connectivity index (χ2n) is 7.97. The Balaban J connectivity index is 1.32. The van der Waals surface area contributed by atoms with Gasteiger partial charge in [0, 0.05) is 57.2 Å². The molecule has 0 unspecified atom stereocenters. The van der Waals surface area contributed by atoms with Gasteiger partial charge in [-0.05, 0) is 60.7 Å². The first-order valence-electron chi connectivity index (χ1n) is 10.7. The Morgan fingerprint density at radius 3 is 2.12 bits per heavy atom. The lowest BCUT2D eigenvalue weighted by atomic mass is 10.2. The highest BCUT2D eigenvalue weighted by Gasteiger charge is 2.18. The lowest BCUT2D eigenvalue weighted by Gasteiger charge is -2.36. The fourth-order valence-electron chi connectivity index (χ4n) is 3.72. The van der Waals surface area contributed by atoms with E-state index in [1.165, 1.54) is 0 Å². The third-order valence-electron chi connectivity index (χ3n) is 5.69. The van der Waals surface area contributed by atoms with E-state index >= 15 is 0 Å². The van der Waals surface area contributed by atoms with Gasteiger partial charge < -0.3 is 24.8 Å². The molecule has 7 heteroatoms. The molecule has 0 spiro atoms. The standard InChI is InChI=1S/C25H29N5O2/c1-28(2)22-10-13-24(26-18-22)30-16-14-29(15-17-30)21-8-6-20(7-9-21)27-25(31)19-4-11-23(32-3)12-5-19/h4-13,18H,14-17H2,1-3H3,(H,27,31). The van der Waals surface area contributed by atoms with Crippen LogP contribution in [0, 0.1) is 0 Å². The van der Waals surface area contributed by atoms with Crippen LogP contribution in [0.5, 0.6) is 5.75 Å². The molecule has 166 valence electrons. The largest absolute Gasteiger partial charge is 0.497 e. The lowest BCUT2D eigenvalue weighted by molar-refractivity contribution is 0.102. The average molecular weight is 432 g/mol. The van der Waals surface area contributed by atoms with Gasteiger partial charge in [-0.1, -0.05) is 0 Å². The number of nitrogens with one attached hydrogen (secondary N) is 1. The maximum absolute atomic E-state index is 12.5. The van der Waals surface area contributed by atoms with Crippen LogP contribution in [0.4, 0.5) is 22.9 Å². The van der Waals surface area contributed by atoms with Gasteiger partial charge in [0.1, 0.15) is 11.6 Å². The van der Waals surface area contributed by atoms with Crippen molar-refractivity contribution in [3.63, 3.8) is 0 Å². The minimum absolute atomic E-state index is 0.137. The Morgan fingerprint density at radius 2 is 1.56 bits per heavy atom. The predicted octanol–water partition coefficient (Wildman–Crippen LogP) is 3.74. The number of benzene rings is 2. The van der Waals surface area contributed by atoms with Crippen molar-refractivity contribution < 1.29 is 9.53 Å². The summed E-state index contributed by atoms with van der Waals surface area (Å²) < 4.78 is 5.14. The first-order valence-corrected chi connectivity index (χ1v) is 10.7. The summed E-state index contributed by atoms with van der Waals surface area (Å²) in [6.45, 7) is 3.69. The van der Waals surface area contributed by atoms with Crippen molar-refractivity contribution in [2.45, 2.75) is 0 Å². The fourth-order valence-corrected chi connectivity index (χ4v) is 3.72. The molecule has 3 aromatic rings. The molecule has 7 nitrogen and oxygen atoms in total. The number of methoxy groups -OCH3 is 1. The van der Waals surface area contributed by atoms with Crippen molar-refractivity contribution in [2.75, 3.05) is 67.4 Å². The van der Waals surface area contributed by atoms with E-state index < -0.39 is 0 Å². The summed E-state index contributed by atoms with van der Waals surface area (Å²) in [5.41, 5.74) is 3.63. The molecular formula is C25H29N5O2. The maximum atomic E-state index is 12.5. The van der Waals surface area contributed by atoms with E-state index in [0.717, 1.165) is 54.8 Å². The van der Waals surface area contributed by atoms with Crippen LogP contribution in [0.1, 0.15) is 10.4 Å². The molecule has 4 rings (SSSR count). The number of amides is 1. The first-order chi connectivity index (χ1) is 15.5. The smallest absolute Gasteiger partial charge is 0.255 e. The Hall–Kier alpha value is -3.74. The molecule has 1 fully saturated rings. The Bertz CT molecular complexity index is 1030. The Labute approximate surface area is 189 Å². The predicted molar refractivity (Wildman–Crippen MR) is 130 cm³/mol. The van der Waals surface area contributed by atoms with E-state index in [1.807, 2.05) is 32.4 Å². The molecule has 1 N–H and O–H groups in total. The highest BCUT2D eigenvalue weighted by molar-refractivity contribution is 6.04. The van der Waals surface area contributed by atoms with Crippen LogP contribution in [-0.2, 0) is 0 Å². The topological polar surface area (TPSA) is 60.9 Å². The van der Waals surface area contributed by atoms with E-state index in [0.29, 0.717) is 5.56 Å². The summed E-state index contributed by atoms with van der Waals surface area (Å²) >= 11 is 0. The van der Waals surface area contributed by atoms with Crippen molar-refractivity contribution in [3.05, 3.63) is 72.4 Å². The fraction of sp³-hybridized carbons (Fsp3) is 0.280. The normalized spacial score (nSPS) is 13.6. The number of hydrogen-bond donors (Lipinski definition) is 1. The number of nitrogens with zero attached hydrogens (tertiary/aromatic N) is 4. The van der Waals surface area contributed by atoms with Crippen molar-refractivity contribution in [1.29, 1.82) is 0 Å². The van der Waals surface area contributed by atoms with Gasteiger partial charge in [-0.25, -0.2) is 4.98 Å². The average Bonchev–Trinajstić information content (AvgIpc) is 2.85. The highest BCUT2D eigenvalue weighted by Crippen LogP contribution is 2.23. The minimum atomic E-state index is -0.137. The van der Waals surface area contributed by atoms with Crippen molar-refractivity contribution >= 4 is 28.8 Å². The molecule has 1 aliphatic heterocycles. The monoisotopic (exact) mass is 431 g/mol. The van der Waals surface area contributed by atoms with Gasteiger partial charge in [0.05, 0.1) is 19.0 Å². The summed E-state index contributed by atoms with van der Waals surface area (Å²) in [4.78, 5) is 23.8. The van der Waals surface area contributed by atoms with Gasteiger partial charge >= 0.3 is 0 Å². The molecular weight excluding hydrogens is 402 g/mol. The third kappa shape index (κ3) is 4.94. The van der Waals surface area contributed by atoms with Crippen molar-refractivity contribution in [1.82, 2.24) is 4.98 Å². The highest BCUT2D eigenvalue weighted by atomic mass is 16.5. The molecule has 0 radical (unpaired) electrons. The van der Waals surface area contributed by atoms with E-state index in [2.05, 4.69) is 49.3 Å². The quantitative estimate of drug-likeness (QED) is 0.642. The summed E-state index contributed by atoms with van der Waals surface area (Å²) in [5.74, 6) is 1.61. The molecule has 32 heavy (non-hydrogen) atoms. The van der Waals surface area contributed by atoms with Crippen LogP contribution in [-0.4, -0.2) is 58.3 Å². The summed E-state index contributed by atoms with van der Waals surface area (Å²) in [7, 11) is 5.65. The Morgan fingerprint density at radius 1 is 0.906 bits per heavy atom. The SMILES string of the molecule is COc1ccc(C(=O)Nc2ccc(N3CCN(c4ccc(N(C)C)cn4)CC3)cc2)cc1. The van der Waals surface area contributed by atoms with Gasteiger partial charge in [0.2, 0.25) is 0 Å². The summed E-state index contributed by atoms with van der Waals surface area (Å²) in [5, 5.41) is 2.95. The number of pyridine rings is 1. The van der Waals surface area contributed by atoms with Crippen LogP contribution >= 0.6 is 0 Å². The van der Waals surface area contributed by atoms with Crippen LogP contribution in [0.25, 0.3) is 0 Å². The number of hydrogen-bond acceptors (Lipinski definition) is 6. The van der Waals surface area contributed by atoms with Crippen molar-refractivity contribution in [3.8, 4) is 5.75 Å². The number of carbonyl (C=O) groups excluding carboxylic acids is 1. The van der Waals surface area contributed by atoms with Gasteiger partial charge in [-0.3, -0.25) is 4.79 Å². The number of anilines is 4. The van der Waals surface area contributed by atoms with E-state index in [1.54, 1.807) is 31.4 Å². The van der Waals surface area contributed by atoms with Crippen LogP contribution in [0.3, 0.4) is 0 Å².